The van der Waals surface area contributed by atoms with Crippen molar-refractivity contribution in [2.45, 2.75) is 31.7 Å². The number of fused-ring (bicyclic) bond motifs is 1. The molecule has 0 radical (unpaired) electrons. The van der Waals surface area contributed by atoms with Crippen molar-refractivity contribution in [3.8, 4) is 0 Å². The Hall–Kier alpha value is -1.93. The Morgan fingerprint density at radius 1 is 1.11 bits per heavy atom. The second kappa shape index (κ2) is 7.15. The van der Waals surface area contributed by atoms with E-state index in [1.807, 2.05) is 19.9 Å². The Morgan fingerprint density at radius 3 is 2.61 bits per heavy atom. The lowest BCUT2D eigenvalue weighted by molar-refractivity contribution is 0.577. The third-order valence-electron chi connectivity index (χ3n) is 5.22. The quantitative estimate of drug-likeness (QED) is 0.754. The summed E-state index contributed by atoms with van der Waals surface area (Å²) in [5.74, 6) is -0.872. The van der Waals surface area contributed by atoms with Crippen molar-refractivity contribution in [1.29, 1.82) is 0 Å². The fourth-order valence-electron chi connectivity index (χ4n) is 3.63. The number of amidine groups is 1. The van der Waals surface area contributed by atoms with Gasteiger partial charge < -0.3 is 4.90 Å². The zero-order valence-electron chi connectivity index (χ0n) is 15.5. The molecule has 0 N–H and O–H groups in total. The van der Waals surface area contributed by atoms with Gasteiger partial charge in [0.15, 0.2) is 15.0 Å². The maximum absolute atomic E-state index is 14.5. The van der Waals surface area contributed by atoms with Crippen LogP contribution in [0.3, 0.4) is 0 Å². The van der Waals surface area contributed by atoms with Crippen molar-refractivity contribution in [1.82, 2.24) is 0 Å². The molecule has 1 saturated heterocycles. The highest BCUT2D eigenvalue weighted by Crippen LogP contribution is 2.37. The molecule has 2 atom stereocenters. The van der Waals surface area contributed by atoms with Crippen LogP contribution >= 0.6 is 11.8 Å². The first kappa shape index (κ1) is 19.4. The number of benzene rings is 2. The van der Waals surface area contributed by atoms with Gasteiger partial charge in [-0.25, -0.2) is 17.2 Å². The number of rotatable bonds is 3. The highest BCUT2D eigenvalue weighted by Gasteiger charge is 2.47. The standard InChI is InChI=1S/C20H20F2N2O2S2/c1-12-3-4-14(7-13(12)2)9-27-20-23-17-10-28(25,26)11-19(17)24(20)18-6-5-15(21)8-16(18)22/h3-8,17,19H,9-11H2,1-2H3/t17-,19+/m1/s1. The number of hydrogen-bond acceptors (Lipinski definition) is 5. The first-order chi connectivity index (χ1) is 13.2. The van der Waals surface area contributed by atoms with Crippen LogP contribution in [-0.4, -0.2) is 37.2 Å². The summed E-state index contributed by atoms with van der Waals surface area (Å²) in [6, 6.07) is 8.68. The maximum atomic E-state index is 14.5. The lowest BCUT2D eigenvalue weighted by Crippen LogP contribution is -2.39. The van der Waals surface area contributed by atoms with Crippen LogP contribution in [0, 0.1) is 25.5 Å². The van der Waals surface area contributed by atoms with Gasteiger partial charge in [-0.1, -0.05) is 30.0 Å². The molecular formula is C20H20F2N2O2S2. The molecule has 0 unspecified atom stereocenters. The second-order valence-electron chi connectivity index (χ2n) is 7.30. The van der Waals surface area contributed by atoms with Gasteiger partial charge in [-0.3, -0.25) is 4.99 Å². The van der Waals surface area contributed by atoms with E-state index < -0.39 is 33.6 Å². The monoisotopic (exact) mass is 422 g/mol. The lowest BCUT2D eigenvalue weighted by atomic mass is 10.1. The zero-order chi connectivity index (χ0) is 20.1. The van der Waals surface area contributed by atoms with Gasteiger partial charge in [0.1, 0.15) is 11.6 Å². The number of anilines is 1. The molecule has 0 aliphatic carbocycles. The molecule has 28 heavy (non-hydrogen) atoms. The van der Waals surface area contributed by atoms with E-state index in [1.165, 1.54) is 35.0 Å². The molecule has 4 nitrogen and oxygen atoms in total. The smallest absolute Gasteiger partial charge is 0.164 e. The molecule has 1 fully saturated rings. The van der Waals surface area contributed by atoms with Crippen molar-refractivity contribution >= 4 is 32.5 Å². The fourth-order valence-corrected chi connectivity index (χ4v) is 6.54. The van der Waals surface area contributed by atoms with Crippen LogP contribution in [0.2, 0.25) is 0 Å². The van der Waals surface area contributed by atoms with Gasteiger partial charge in [-0.15, -0.1) is 0 Å². The number of aryl methyl sites for hydroxylation is 2. The minimum absolute atomic E-state index is 0.0370. The van der Waals surface area contributed by atoms with Gasteiger partial charge in [0.25, 0.3) is 0 Å². The number of nitrogens with zero attached hydrogens (tertiary/aromatic N) is 2. The van der Waals surface area contributed by atoms with E-state index in [0.29, 0.717) is 10.9 Å². The van der Waals surface area contributed by atoms with E-state index in [1.54, 1.807) is 4.90 Å². The average molecular weight is 423 g/mol. The third-order valence-corrected chi connectivity index (χ3v) is 7.95. The molecule has 2 aliphatic rings. The molecule has 0 spiro atoms. The second-order valence-corrected chi connectivity index (χ2v) is 10.4. The minimum atomic E-state index is -3.22. The molecule has 0 bridgehead atoms. The van der Waals surface area contributed by atoms with Crippen LogP contribution in [0.4, 0.5) is 14.5 Å². The normalized spacial score (nSPS) is 23.0. The van der Waals surface area contributed by atoms with Gasteiger partial charge in [0.05, 0.1) is 29.3 Å². The van der Waals surface area contributed by atoms with Gasteiger partial charge in [-0.2, -0.15) is 0 Å². The van der Waals surface area contributed by atoms with Gasteiger partial charge >= 0.3 is 0 Å². The summed E-state index contributed by atoms with van der Waals surface area (Å²) in [7, 11) is -3.22. The predicted octanol–water partition coefficient (Wildman–Crippen LogP) is 3.86. The van der Waals surface area contributed by atoms with Crippen LogP contribution in [-0.2, 0) is 15.6 Å². The third kappa shape index (κ3) is 3.67. The Balaban J connectivity index is 1.64. The van der Waals surface area contributed by atoms with Gasteiger partial charge in [0.2, 0.25) is 0 Å². The average Bonchev–Trinajstić information content (AvgIpc) is 3.08. The maximum Gasteiger partial charge on any atom is 0.164 e. The summed E-state index contributed by atoms with van der Waals surface area (Å²) in [6.07, 6.45) is 0. The molecule has 0 saturated carbocycles. The molecule has 2 aliphatic heterocycles. The Morgan fingerprint density at radius 2 is 1.89 bits per heavy atom. The molecule has 148 valence electrons. The lowest BCUT2D eigenvalue weighted by Gasteiger charge is -2.26. The first-order valence-corrected chi connectivity index (χ1v) is 11.8. The molecule has 0 amide bonds. The van der Waals surface area contributed by atoms with E-state index in [2.05, 4.69) is 17.1 Å². The number of hydrogen-bond donors (Lipinski definition) is 0. The summed E-state index contributed by atoms with van der Waals surface area (Å²) in [5, 5.41) is 0.577. The van der Waals surface area contributed by atoms with Crippen molar-refractivity contribution in [3.63, 3.8) is 0 Å². The number of thioether (sulfide) groups is 1. The topological polar surface area (TPSA) is 49.7 Å². The molecular weight excluding hydrogens is 402 g/mol. The summed E-state index contributed by atoms with van der Waals surface area (Å²) >= 11 is 1.45. The first-order valence-electron chi connectivity index (χ1n) is 8.95. The van der Waals surface area contributed by atoms with Crippen molar-refractivity contribution in [2.75, 3.05) is 16.4 Å². The van der Waals surface area contributed by atoms with Gasteiger partial charge in [0, 0.05) is 11.8 Å². The van der Waals surface area contributed by atoms with E-state index in [4.69, 9.17) is 0 Å². The molecule has 2 aromatic rings. The Bertz CT molecular complexity index is 1070. The molecule has 8 heteroatoms. The van der Waals surface area contributed by atoms with Gasteiger partial charge in [-0.05, 0) is 42.7 Å². The highest BCUT2D eigenvalue weighted by atomic mass is 32.2. The minimum Gasteiger partial charge on any atom is -0.312 e. The van der Waals surface area contributed by atoms with Crippen LogP contribution in [0.5, 0.6) is 0 Å². The van der Waals surface area contributed by atoms with E-state index >= 15 is 0 Å². The Kier molecular flexibility index (Phi) is 4.95. The van der Waals surface area contributed by atoms with Crippen LogP contribution in [0.1, 0.15) is 16.7 Å². The molecule has 0 aromatic heterocycles. The summed E-state index contributed by atoms with van der Waals surface area (Å²) < 4.78 is 52.0. The molecule has 2 heterocycles. The van der Waals surface area contributed by atoms with Crippen molar-refractivity contribution in [2.24, 2.45) is 4.99 Å². The van der Waals surface area contributed by atoms with E-state index in [0.717, 1.165) is 11.6 Å². The fraction of sp³-hybridized carbons (Fsp3) is 0.350. The summed E-state index contributed by atoms with van der Waals surface area (Å²) in [5.41, 5.74) is 3.68. The molecule has 4 rings (SSSR count). The summed E-state index contributed by atoms with van der Waals surface area (Å²) in [4.78, 5) is 6.22. The van der Waals surface area contributed by atoms with E-state index in [9.17, 15) is 17.2 Å². The van der Waals surface area contributed by atoms with Crippen LogP contribution in [0.15, 0.2) is 41.4 Å². The molecule has 2 aromatic carbocycles. The van der Waals surface area contributed by atoms with E-state index in [-0.39, 0.29) is 17.2 Å². The van der Waals surface area contributed by atoms with Crippen LogP contribution < -0.4 is 4.90 Å². The number of halogens is 2. The zero-order valence-corrected chi connectivity index (χ0v) is 17.2. The SMILES string of the molecule is Cc1ccc(CSC2=N[C@@H]3CS(=O)(=O)C[C@@H]3N2c2ccc(F)cc2F)cc1C. The number of aliphatic imine (C=N–C) groups is 1. The Labute approximate surface area is 167 Å². The van der Waals surface area contributed by atoms with Crippen molar-refractivity contribution < 1.29 is 17.2 Å². The predicted molar refractivity (Wildman–Crippen MR) is 110 cm³/mol. The summed E-state index contributed by atoms with van der Waals surface area (Å²) in [6.45, 7) is 4.10. The number of sulfone groups is 1. The highest BCUT2D eigenvalue weighted by molar-refractivity contribution is 8.13. The van der Waals surface area contributed by atoms with Crippen molar-refractivity contribution in [3.05, 3.63) is 64.7 Å². The van der Waals surface area contributed by atoms with Crippen LogP contribution in [0.25, 0.3) is 0 Å². The largest absolute Gasteiger partial charge is 0.312 e.